The van der Waals surface area contributed by atoms with Crippen LogP contribution in [0.5, 0.6) is 0 Å². The van der Waals surface area contributed by atoms with E-state index in [1.165, 1.54) is 16.4 Å². The molecule has 0 bridgehead atoms. The number of rotatable bonds is 4. The van der Waals surface area contributed by atoms with Gasteiger partial charge in [0.2, 0.25) is 0 Å². The Morgan fingerprint density at radius 2 is 2.05 bits per heavy atom. The van der Waals surface area contributed by atoms with E-state index in [1.54, 1.807) is 17.3 Å². The summed E-state index contributed by atoms with van der Waals surface area (Å²) >= 11 is 1.44. The van der Waals surface area contributed by atoms with Gasteiger partial charge in [-0.1, -0.05) is 6.07 Å². The van der Waals surface area contributed by atoms with Crippen molar-refractivity contribution in [3.8, 4) is 0 Å². The van der Waals surface area contributed by atoms with E-state index >= 15 is 0 Å². The number of carbonyl (C=O) groups excluding carboxylic acids is 1. The van der Waals surface area contributed by atoms with E-state index in [9.17, 15) is 4.79 Å². The van der Waals surface area contributed by atoms with Crippen LogP contribution in [0.15, 0.2) is 46.7 Å². The highest BCUT2D eigenvalue weighted by Crippen LogP contribution is 2.23. The van der Waals surface area contributed by atoms with Gasteiger partial charge < -0.3 is 4.90 Å². The van der Waals surface area contributed by atoms with Crippen LogP contribution in [0.25, 0.3) is 0 Å². The number of carbonyl (C=O) groups is 1. The van der Waals surface area contributed by atoms with Crippen molar-refractivity contribution < 1.29 is 4.79 Å². The molecule has 0 saturated heterocycles. The highest BCUT2D eigenvalue weighted by atomic mass is 32.2. The second kappa shape index (κ2) is 6.38. The van der Waals surface area contributed by atoms with Crippen molar-refractivity contribution >= 4 is 17.8 Å². The standard InChI is InChI=1S/C13H16N4OS/c1-3-16(4-2)13(18)17-10-8-12(15-17)19-11-7-5-6-9-14-11/h5-10H,3-4H2,1-2H3. The normalized spacial score (nSPS) is 10.4. The molecule has 0 saturated carbocycles. The van der Waals surface area contributed by atoms with Crippen LogP contribution < -0.4 is 0 Å². The second-order valence-electron chi connectivity index (χ2n) is 3.82. The Morgan fingerprint density at radius 3 is 2.68 bits per heavy atom. The van der Waals surface area contributed by atoms with Crippen molar-refractivity contribution in [3.63, 3.8) is 0 Å². The van der Waals surface area contributed by atoms with Gasteiger partial charge in [-0.25, -0.2) is 9.78 Å². The number of hydrogen-bond donors (Lipinski definition) is 0. The lowest BCUT2D eigenvalue weighted by molar-refractivity contribution is 0.201. The van der Waals surface area contributed by atoms with Crippen LogP contribution in [0.1, 0.15) is 13.8 Å². The largest absolute Gasteiger partial charge is 0.344 e. The lowest BCUT2D eigenvalue weighted by atomic mass is 10.5. The van der Waals surface area contributed by atoms with E-state index in [4.69, 9.17) is 0 Å². The molecule has 0 atom stereocenters. The average Bonchev–Trinajstić information content (AvgIpc) is 2.89. The molecule has 0 aliphatic carbocycles. The van der Waals surface area contributed by atoms with Crippen LogP contribution in [-0.2, 0) is 0 Å². The minimum Gasteiger partial charge on any atom is -0.323 e. The summed E-state index contributed by atoms with van der Waals surface area (Å²) in [6.07, 6.45) is 3.42. The molecule has 0 spiro atoms. The summed E-state index contributed by atoms with van der Waals surface area (Å²) in [7, 11) is 0. The van der Waals surface area contributed by atoms with Gasteiger partial charge in [0.25, 0.3) is 0 Å². The molecule has 0 fully saturated rings. The van der Waals surface area contributed by atoms with Crippen molar-refractivity contribution in [3.05, 3.63) is 36.7 Å². The van der Waals surface area contributed by atoms with Crippen LogP contribution >= 0.6 is 11.8 Å². The Kier molecular flexibility index (Phi) is 4.57. The Balaban J connectivity index is 2.09. The first-order chi connectivity index (χ1) is 9.24. The van der Waals surface area contributed by atoms with Gasteiger partial charge in [-0.15, -0.1) is 0 Å². The molecule has 0 N–H and O–H groups in total. The van der Waals surface area contributed by atoms with E-state index in [-0.39, 0.29) is 6.03 Å². The van der Waals surface area contributed by atoms with Crippen molar-refractivity contribution in [2.45, 2.75) is 23.9 Å². The molecule has 0 aliphatic rings. The lowest BCUT2D eigenvalue weighted by Crippen LogP contribution is -2.34. The monoisotopic (exact) mass is 276 g/mol. The molecule has 0 aromatic carbocycles. The zero-order chi connectivity index (χ0) is 13.7. The fraction of sp³-hybridized carbons (Fsp3) is 0.308. The third-order valence-electron chi connectivity index (χ3n) is 2.64. The van der Waals surface area contributed by atoms with Crippen molar-refractivity contribution in [2.75, 3.05) is 13.1 Å². The minimum absolute atomic E-state index is 0.0992. The molecule has 5 nitrogen and oxygen atoms in total. The third kappa shape index (κ3) is 3.35. The first-order valence-corrected chi connectivity index (χ1v) is 7.00. The molecule has 2 rings (SSSR count). The fourth-order valence-corrected chi connectivity index (χ4v) is 2.35. The lowest BCUT2D eigenvalue weighted by Gasteiger charge is -2.17. The molecule has 2 aromatic heterocycles. The first-order valence-electron chi connectivity index (χ1n) is 6.18. The molecule has 0 radical (unpaired) electrons. The van der Waals surface area contributed by atoms with Gasteiger partial charge in [0.15, 0.2) is 0 Å². The number of nitrogens with zero attached hydrogens (tertiary/aromatic N) is 4. The van der Waals surface area contributed by atoms with Crippen LogP contribution in [-0.4, -0.2) is 38.8 Å². The Bertz CT molecular complexity index is 537. The smallest absolute Gasteiger partial charge is 0.323 e. The van der Waals surface area contributed by atoms with E-state index < -0.39 is 0 Å². The molecule has 6 heteroatoms. The summed E-state index contributed by atoms with van der Waals surface area (Å²) < 4.78 is 1.37. The topological polar surface area (TPSA) is 51.0 Å². The van der Waals surface area contributed by atoms with Gasteiger partial charge in [0.05, 0.1) is 0 Å². The molecule has 2 aromatic rings. The van der Waals surface area contributed by atoms with Crippen molar-refractivity contribution in [1.82, 2.24) is 19.7 Å². The fourth-order valence-electron chi connectivity index (χ4n) is 1.62. The van der Waals surface area contributed by atoms with Gasteiger partial charge in [-0.2, -0.15) is 9.78 Å². The summed E-state index contributed by atoms with van der Waals surface area (Å²) in [5.74, 6) is 0. The molecular weight excluding hydrogens is 260 g/mol. The van der Waals surface area contributed by atoms with Crippen LogP contribution in [0, 0.1) is 0 Å². The summed E-state index contributed by atoms with van der Waals surface area (Å²) in [5, 5.41) is 5.90. The first kappa shape index (κ1) is 13.6. The van der Waals surface area contributed by atoms with Crippen LogP contribution in [0.4, 0.5) is 4.79 Å². The summed E-state index contributed by atoms with van der Waals surface area (Å²) in [6, 6.07) is 7.43. The highest BCUT2D eigenvalue weighted by molar-refractivity contribution is 7.99. The van der Waals surface area contributed by atoms with Gasteiger partial charge in [-0.3, -0.25) is 0 Å². The third-order valence-corrected chi connectivity index (χ3v) is 3.52. The van der Waals surface area contributed by atoms with Crippen molar-refractivity contribution in [1.29, 1.82) is 0 Å². The highest BCUT2D eigenvalue weighted by Gasteiger charge is 2.13. The molecule has 0 unspecified atom stereocenters. The molecule has 0 aliphatic heterocycles. The maximum Gasteiger partial charge on any atom is 0.344 e. The molecule has 1 amide bonds. The van der Waals surface area contributed by atoms with Crippen LogP contribution in [0.2, 0.25) is 0 Å². The van der Waals surface area contributed by atoms with Gasteiger partial charge >= 0.3 is 6.03 Å². The number of aromatic nitrogens is 3. The molecule has 19 heavy (non-hydrogen) atoms. The predicted octanol–water partition coefficient (Wildman–Crippen LogP) is 2.74. The SMILES string of the molecule is CCN(CC)C(=O)n1ccc(Sc2ccccn2)n1. The molecule has 100 valence electrons. The van der Waals surface area contributed by atoms with E-state index in [2.05, 4.69) is 10.1 Å². The van der Waals surface area contributed by atoms with Gasteiger partial charge in [-0.05, 0) is 43.8 Å². The quantitative estimate of drug-likeness (QED) is 0.861. The summed E-state index contributed by atoms with van der Waals surface area (Å²) in [6.45, 7) is 5.26. The van der Waals surface area contributed by atoms with Gasteiger partial charge in [0.1, 0.15) is 10.1 Å². The summed E-state index contributed by atoms with van der Waals surface area (Å²) in [5.41, 5.74) is 0. The minimum atomic E-state index is -0.0992. The Labute approximate surface area is 116 Å². The average molecular weight is 276 g/mol. The van der Waals surface area contributed by atoms with E-state index in [0.29, 0.717) is 13.1 Å². The maximum atomic E-state index is 12.1. The number of pyridine rings is 1. The molecular formula is C13H16N4OS. The van der Waals surface area contributed by atoms with Gasteiger partial charge in [0, 0.05) is 25.5 Å². The predicted molar refractivity (Wildman–Crippen MR) is 74.3 cm³/mol. The summed E-state index contributed by atoms with van der Waals surface area (Å²) in [4.78, 5) is 18.0. The zero-order valence-corrected chi connectivity index (χ0v) is 11.8. The second-order valence-corrected chi connectivity index (χ2v) is 4.86. The number of hydrogen-bond acceptors (Lipinski definition) is 4. The molecule has 2 heterocycles. The van der Waals surface area contributed by atoms with Crippen molar-refractivity contribution in [2.24, 2.45) is 0 Å². The van der Waals surface area contributed by atoms with Crippen LogP contribution in [0.3, 0.4) is 0 Å². The number of amides is 1. The Morgan fingerprint density at radius 1 is 1.26 bits per heavy atom. The maximum absolute atomic E-state index is 12.1. The van der Waals surface area contributed by atoms with E-state index in [1.807, 2.05) is 38.1 Å². The Hall–Kier alpha value is -1.82. The van der Waals surface area contributed by atoms with E-state index in [0.717, 1.165) is 10.1 Å². The zero-order valence-electron chi connectivity index (χ0n) is 11.0.